The van der Waals surface area contributed by atoms with Gasteiger partial charge in [-0.05, 0) is 50.8 Å². The van der Waals surface area contributed by atoms with Gasteiger partial charge in [-0.3, -0.25) is 9.59 Å². The first-order valence-corrected chi connectivity index (χ1v) is 12.1. The lowest BCUT2D eigenvalue weighted by atomic mass is 9.68. The van der Waals surface area contributed by atoms with Crippen LogP contribution in [0.15, 0.2) is 71.1 Å². The van der Waals surface area contributed by atoms with Crippen LogP contribution in [0.5, 0.6) is 11.5 Å². The van der Waals surface area contributed by atoms with Gasteiger partial charge in [-0.15, -0.1) is 0 Å². The summed E-state index contributed by atoms with van der Waals surface area (Å²) in [5.74, 6) is 0.475. The Kier molecular flexibility index (Phi) is 6.75. The van der Waals surface area contributed by atoms with Gasteiger partial charge in [-0.2, -0.15) is 0 Å². The number of carbonyl (C=O) groups is 2. The number of hydrogen-bond donors (Lipinski definition) is 2. The zero-order valence-corrected chi connectivity index (χ0v) is 21.3. The third kappa shape index (κ3) is 4.97. The Morgan fingerprint density at radius 1 is 1.06 bits per heavy atom. The van der Waals surface area contributed by atoms with E-state index in [1.165, 1.54) is 0 Å². The molecule has 1 atom stereocenters. The molecule has 2 aromatic rings. The molecule has 6 heteroatoms. The highest BCUT2D eigenvalue weighted by Crippen LogP contribution is 2.48. The molecule has 0 spiro atoms. The average molecular weight is 475 g/mol. The molecule has 4 rings (SSSR count). The largest absolute Gasteiger partial charge is 0.495 e. The first kappa shape index (κ1) is 24.6. The molecule has 1 unspecified atom stereocenters. The van der Waals surface area contributed by atoms with Crippen LogP contribution in [-0.4, -0.2) is 24.9 Å². The standard InChI is InChI=1S/C29H34N2O4/c1-17(2)35-23-13-9-7-11-19(23)26-25(28(33)31-20-12-8-10-14-24(20)34-6)18(3)30-21-15-29(4,5)16-22(32)27(21)26/h7-14,17,26,30H,15-16H2,1-6H3,(H,31,33). The summed E-state index contributed by atoms with van der Waals surface area (Å²) in [5.41, 5.74) is 4.00. The molecule has 184 valence electrons. The molecular weight excluding hydrogens is 440 g/mol. The van der Waals surface area contributed by atoms with Crippen molar-refractivity contribution in [3.8, 4) is 11.5 Å². The Hall–Kier alpha value is -3.54. The van der Waals surface area contributed by atoms with Crippen molar-refractivity contribution in [3.05, 3.63) is 76.6 Å². The van der Waals surface area contributed by atoms with Crippen LogP contribution in [0.2, 0.25) is 0 Å². The number of dihydropyridines is 1. The van der Waals surface area contributed by atoms with Crippen molar-refractivity contribution >= 4 is 17.4 Å². The summed E-state index contributed by atoms with van der Waals surface area (Å²) < 4.78 is 11.6. The second-order valence-electron chi connectivity index (χ2n) is 10.3. The number of allylic oxidation sites excluding steroid dienone is 3. The summed E-state index contributed by atoms with van der Waals surface area (Å²) in [4.78, 5) is 27.4. The number of anilines is 1. The molecule has 2 aromatic carbocycles. The molecule has 1 aliphatic carbocycles. The van der Waals surface area contributed by atoms with Crippen molar-refractivity contribution in [2.75, 3.05) is 12.4 Å². The Bertz CT molecular complexity index is 1220. The molecule has 0 bridgehead atoms. The highest BCUT2D eigenvalue weighted by Gasteiger charge is 2.43. The lowest BCUT2D eigenvalue weighted by molar-refractivity contribution is -0.118. The minimum Gasteiger partial charge on any atom is -0.495 e. The summed E-state index contributed by atoms with van der Waals surface area (Å²) in [5, 5.41) is 6.43. The van der Waals surface area contributed by atoms with Crippen molar-refractivity contribution in [1.82, 2.24) is 5.32 Å². The van der Waals surface area contributed by atoms with E-state index in [1.807, 2.05) is 57.2 Å². The van der Waals surface area contributed by atoms with Crippen LogP contribution in [0.4, 0.5) is 5.69 Å². The summed E-state index contributed by atoms with van der Waals surface area (Å²) in [6, 6.07) is 15.0. The number of ketones is 1. The number of methoxy groups -OCH3 is 1. The van der Waals surface area contributed by atoms with E-state index >= 15 is 0 Å². The van der Waals surface area contributed by atoms with Crippen LogP contribution >= 0.6 is 0 Å². The number of nitrogens with one attached hydrogen (secondary N) is 2. The molecular formula is C29H34N2O4. The van der Waals surface area contributed by atoms with Crippen LogP contribution in [0, 0.1) is 5.41 Å². The minimum atomic E-state index is -0.542. The number of Topliss-reactive ketones (excluding diaryl/α,β-unsaturated/α-hetero) is 1. The number of rotatable bonds is 6. The molecule has 2 N–H and O–H groups in total. The predicted molar refractivity (Wildman–Crippen MR) is 137 cm³/mol. The summed E-state index contributed by atoms with van der Waals surface area (Å²) in [6.07, 6.45) is 1.11. The molecule has 35 heavy (non-hydrogen) atoms. The second-order valence-corrected chi connectivity index (χ2v) is 10.3. The van der Waals surface area contributed by atoms with E-state index in [-0.39, 0.29) is 23.2 Å². The maximum absolute atomic E-state index is 13.8. The molecule has 0 saturated heterocycles. The van der Waals surface area contributed by atoms with E-state index in [0.29, 0.717) is 34.8 Å². The Morgan fingerprint density at radius 2 is 1.71 bits per heavy atom. The number of carbonyl (C=O) groups excluding carboxylic acids is 2. The van der Waals surface area contributed by atoms with Crippen LogP contribution in [-0.2, 0) is 9.59 Å². The predicted octanol–water partition coefficient (Wildman–Crippen LogP) is 5.73. The van der Waals surface area contributed by atoms with Gasteiger partial charge >= 0.3 is 0 Å². The molecule has 0 aromatic heterocycles. The average Bonchev–Trinajstić information content (AvgIpc) is 2.77. The van der Waals surface area contributed by atoms with E-state index in [1.54, 1.807) is 19.2 Å². The zero-order chi connectivity index (χ0) is 25.3. The maximum Gasteiger partial charge on any atom is 0.254 e. The van der Waals surface area contributed by atoms with Gasteiger partial charge in [0.05, 0.1) is 24.8 Å². The normalized spacial score (nSPS) is 19.3. The van der Waals surface area contributed by atoms with Gasteiger partial charge in [0.2, 0.25) is 0 Å². The van der Waals surface area contributed by atoms with E-state index in [9.17, 15) is 9.59 Å². The van der Waals surface area contributed by atoms with Crippen molar-refractivity contribution in [3.63, 3.8) is 0 Å². The molecule has 1 amide bonds. The lowest BCUT2D eigenvalue weighted by Gasteiger charge is -2.40. The van der Waals surface area contributed by atoms with Crippen LogP contribution < -0.4 is 20.1 Å². The highest BCUT2D eigenvalue weighted by molar-refractivity contribution is 6.10. The van der Waals surface area contributed by atoms with Gasteiger partial charge in [0, 0.05) is 34.5 Å². The van der Waals surface area contributed by atoms with Crippen molar-refractivity contribution in [1.29, 1.82) is 0 Å². The molecule has 2 aliphatic rings. The fourth-order valence-electron chi connectivity index (χ4n) is 5.07. The fourth-order valence-corrected chi connectivity index (χ4v) is 5.07. The third-order valence-corrected chi connectivity index (χ3v) is 6.43. The number of amides is 1. The zero-order valence-electron chi connectivity index (χ0n) is 21.3. The monoisotopic (exact) mass is 474 g/mol. The quantitative estimate of drug-likeness (QED) is 0.560. The molecule has 0 radical (unpaired) electrons. The van der Waals surface area contributed by atoms with Gasteiger partial charge in [0.15, 0.2) is 5.78 Å². The van der Waals surface area contributed by atoms with E-state index in [4.69, 9.17) is 9.47 Å². The lowest BCUT2D eigenvalue weighted by Crippen LogP contribution is -2.39. The molecule has 0 fully saturated rings. The first-order valence-electron chi connectivity index (χ1n) is 12.1. The highest BCUT2D eigenvalue weighted by atomic mass is 16.5. The van der Waals surface area contributed by atoms with Gasteiger partial charge < -0.3 is 20.1 Å². The van der Waals surface area contributed by atoms with E-state index in [0.717, 1.165) is 23.4 Å². The molecule has 0 saturated carbocycles. The number of benzene rings is 2. The molecule has 6 nitrogen and oxygen atoms in total. The van der Waals surface area contributed by atoms with Crippen LogP contribution in [0.25, 0.3) is 0 Å². The summed E-state index contributed by atoms with van der Waals surface area (Å²) in [7, 11) is 1.57. The van der Waals surface area contributed by atoms with Crippen molar-refractivity contribution in [2.45, 2.75) is 59.5 Å². The Labute approximate surface area is 207 Å². The molecule has 1 heterocycles. The maximum atomic E-state index is 13.8. The number of para-hydroxylation sites is 3. The van der Waals surface area contributed by atoms with Crippen LogP contribution in [0.1, 0.15) is 58.9 Å². The summed E-state index contributed by atoms with van der Waals surface area (Å²) in [6.45, 7) is 10.0. The number of hydrogen-bond acceptors (Lipinski definition) is 5. The fraction of sp³-hybridized carbons (Fsp3) is 0.379. The smallest absolute Gasteiger partial charge is 0.254 e. The van der Waals surface area contributed by atoms with Crippen molar-refractivity contribution < 1.29 is 19.1 Å². The summed E-state index contributed by atoms with van der Waals surface area (Å²) >= 11 is 0. The van der Waals surface area contributed by atoms with E-state index < -0.39 is 5.92 Å². The Morgan fingerprint density at radius 3 is 2.40 bits per heavy atom. The second kappa shape index (κ2) is 9.61. The first-order chi connectivity index (χ1) is 16.6. The minimum absolute atomic E-state index is 0.0526. The SMILES string of the molecule is COc1ccccc1NC(=O)C1=C(C)NC2=C(C(=O)CC(C)(C)C2)C1c1ccccc1OC(C)C. The van der Waals surface area contributed by atoms with Crippen molar-refractivity contribution in [2.24, 2.45) is 5.41 Å². The van der Waals surface area contributed by atoms with E-state index in [2.05, 4.69) is 24.5 Å². The topological polar surface area (TPSA) is 76.7 Å². The third-order valence-electron chi connectivity index (χ3n) is 6.43. The number of ether oxygens (including phenoxy) is 2. The van der Waals surface area contributed by atoms with Gasteiger partial charge in [0.25, 0.3) is 5.91 Å². The molecule has 1 aliphatic heterocycles. The van der Waals surface area contributed by atoms with Gasteiger partial charge in [0.1, 0.15) is 11.5 Å². The van der Waals surface area contributed by atoms with Gasteiger partial charge in [-0.25, -0.2) is 0 Å². The Balaban J connectivity index is 1.86. The van der Waals surface area contributed by atoms with Gasteiger partial charge in [-0.1, -0.05) is 44.2 Å². The van der Waals surface area contributed by atoms with Crippen LogP contribution in [0.3, 0.4) is 0 Å².